The lowest BCUT2D eigenvalue weighted by molar-refractivity contribution is 0.397. The van der Waals surface area contributed by atoms with Crippen LogP contribution in [0.2, 0.25) is 0 Å². The molecule has 0 aliphatic heterocycles. The van der Waals surface area contributed by atoms with Gasteiger partial charge in [0.05, 0.1) is 55.8 Å². The van der Waals surface area contributed by atoms with Crippen LogP contribution < -0.4 is 18.9 Å². The van der Waals surface area contributed by atoms with Crippen LogP contribution in [0.15, 0.2) is 54.6 Å². The molecule has 5 nitrogen and oxygen atoms in total. The predicted octanol–water partition coefficient (Wildman–Crippen LogP) is 5.09. The molecule has 3 aromatic carbocycles. The van der Waals surface area contributed by atoms with Crippen LogP contribution in [-0.4, -0.2) is 33.4 Å². The van der Waals surface area contributed by atoms with Gasteiger partial charge in [0.25, 0.3) is 0 Å². The predicted molar refractivity (Wildman–Crippen MR) is 111 cm³/mol. The molecule has 5 heteroatoms. The van der Waals surface area contributed by atoms with Gasteiger partial charge in [-0.3, -0.25) is 0 Å². The van der Waals surface area contributed by atoms with Gasteiger partial charge in [0, 0.05) is 5.56 Å². The molecule has 28 heavy (non-hydrogen) atoms. The van der Waals surface area contributed by atoms with Gasteiger partial charge in [0.2, 0.25) is 0 Å². The minimum absolute atomic E-state index is 0.699. The van der Waals surface area contributed by atoms with Crippen molar-refractivity contribution < 1.29 is 18.9 Å². The minimum Gasteiger partial charge on any atom is -0.496 e. The van der Waals surface area contributed by atoms with Gasteiger partial charge in [-0.05, 0) is 36.4 Å². The number of rotatable bonds is 5. The summed E-state index contributed by atoms with van der Waals surface area (Å²) in [5.74, 6) is 2.84. The number of methoxy groups -OCH3 is 4. The third-order valence-electron chi connectivity index (χ3n) is 4.87. The maximum atomic E-state index is 5.71. The molecule has 0 unspecified atom stereocenters. The molecule has 1 aromatic heterocycles. The van der Waals surface area contributed by atoms with E-state index >= 15 is 0 Å². The Bertz CT molecular complexity index is 1090. The Labute approximate surface area is 163 Å². The molecular weight excluding hydrogens is 354 g/mol. The van der Waals surface area contributed by atoms with Crippen molar-refractivity contribution in [3.63, 3.8) is 0 Å². The molecule has 0 saturated heterocycles. The number of aromatic nitrogens is 1. The van der Waals surface area contributed by atoms with Crippen molar-refractivity contribution in [1.29, 1.82) is 0 Å². The zero-order chi connectivity index (χ0) is 19.7. The zero-order valence-corrected chi connectivity index (χ0v) is 16.3. The van der Waals surface area contributed by atoms with E-state index in [1.54, 1.807) is 28.4 Å². The molecule has 0 amide bonds. The maximum Gasteiger partial charge on any atom is 0.130 e. The second-order valence-electron chi connectivity index (χ2n) is 6.23. The average Bonchev–Trinajstić information content (AvgIpc) is 2.75. The Hall–Kier alpha value is -3.47. The van der Waals surface area contributed by atoms with Gasteiger partial charge in [-0.2, -0.15) is 0 Å². The lowest BCUT2D eigenvalue weighted by atomic mass is 9.93. The van der Waals surface area contributed by atoms with Gasteiger partial charge in [0.1, 0.15) is 23.0 Å². The molecule has 0 saturated carbocycles. The second kappa shape index (κ2) is 7.27. The molecule has 0 atom stereocenters. The first kappa shape index (κ1) is 17.9. The lowest BCUT2D eigenvalue weighted by Crippen LogP contribution is -1.98. The molecule has 0 spiro atoms. The largest absolute Gasteiger partial charge is 0.496 e. The van der Waals surface area contributed by atoms with Crippen LogP contribution in [0.4, 0.5) is 0 Å². The van der Waals surface area contributed by atoms with E-state index in [1.807, 2.05) is 54.6 Å². The Morgan fingerprint density at radius 2 is 0.893 bits per heavy atom. The number of benzene rings is 3. The first-order valence-electron chi connectivity index (χ1n) is 8.88. The summed E-state index contributed by atoms with van der Waals surface area (Å²) in [4.78, 5) is 4.85. The van der Waals surface area contributed by atoms with Crippen LogP contribution >= 0.6 is 0 Å². The van der Waals surface area contributed by atoms with Crippen LogP contribution in [0.25, 0.3) is 32.9 Å². The average molecular weight is 375 g/mol. The molecule has 0 fully saturated rings. The summed E-state index contributed by atoms with van der Waals surface area (Å²) < 4.78 is 22.8. The molecule has 142 valence electrons. The van der Waals surface area contributed by atoms with Gasteiger partial charge in [-0.15, -0.1) is 0 Å². The molecule has 0 aliphatic carbocycles. The van der Waals surface area contributed by atoms with E-state index in [2.05, 4.69) is 0 Å². The number of ether oxygens (including phenoxy) is 4. The normalized spacial score (nSPS) is 10.9. The Kier molecular flexibility index (Phi) is 4.65. The van der Waals surface area contributed by atoms with Crippen LogP contribution in [-0.2, 0) is 0 Å². The van der Waals surface area contributed by atoms with Crippen LogP contribution in [0, 0.1) is 0 Å². The van der Waals surface area contributed by atoms with E-state index < -0.39 is 0 Å². The van der Waals surface area contributed by atoms with E-state index in [0.717, 1.165) is 44.4 Å². The molecule has 1 heterocycles. The third kappa shape index (κ3) is 2.67. The van der Waals surface area contributed by atoms with Crippen molar-refractivity contribution in [2.45, 2.75) is 0 Å². The summed E-state index contributed by atoms with van der Waals surface area (Å²) in [6, 6.07) is 17.4. The molecule has 0 bridgehead atoms. The van der Waals surface area contributed by atoms with Gasteiger partial charge < -0.3 is 18.9 Å². The highest BCUT2D eigenvalue weighted by molar-refractivity contribution is 6.15. The number of nitrogens with zero attached hydrogens (tertiary/aromatic N) is 1. The number of hydrogen-bond acceptors (Lipinski definition) is 5. The zero-order valence-electron chi connectivity index (χ0n) is 16.3. The van der Waals surface area contributed by atoms with Crippen LogP contribution in [0.5, 0.6) is 23.0 Å². The summed E-state index contributed by atoms with van der Waals surface area (Å²) >= 11 is 0. The molecule has 4 aromatic rings. The lowest BCUT2D eigenvalue weighted by Gasteiger charge is -2.19. The van der Waals surface area contributed by atoms with Crippen molar-refractivity contribution >= 4 is 21.8 Å². The fourth-order valence-corrected chi connectivity index (χ4v) is 3.67. The monoisotopic (exact) mass is 375 g/mol. The topological polar surface area (TPSA) is 49.8 Å². The smallest absolute Gasteiger partial charge is 0.130 e. The van der Waals surface area contributed by atoms with E-state index in [0.29, 0.717) is 11.5 Å². The first-order chi connectivity index (χ1) is 13.7. The number of pyridine rings is 1. The van der Waals surface area contributed by atoms with Crippen LogP contribution in [0.3, 0.4) is 0 Å². The molecular formula is C23H21NO4. The van der Waals surface area contributed by atoms with Crippen molar-refractivity contribution in [2.24, 2.45) is 0 Å². The maximum absolute atomic E-state index is 5.71. The quantitative estimate of drug-likeness (QED) is 0.455. The number of hydrogen-bond donors (Lipinski definition) is 0. The highest BCUT2D eigenvalue weighted by atomic mass is 16.5. The van der Waals surface area contributed by atoms with Crippen molar-refractivity contribution in [2.75, 3.05) is 28.4 Å². The highest BCUT2D eigenvalue weighted by Crippen LogP contribution is 2.49. The van der Waals surface area contributed by atoms with Gasteiger partial charge >= 0.3 is 0 Å². The standard InChI is InChI=1S/C23H21NO4/c1-25-16-10-5-8-14-20(16)23(21-15(24-14)9-6-11-17(21)26-2)22-18(27-3)12-7-13-19(22)28-4/h5-13H,1-4H3. The summed E-state index contributed by atoms with van der Waals surface area (Å²) in [5, 5.41) is 1.76. The van der Waals surface area contributed by atoms with Gasteiger partial charge in [0.15, 0.2) is 0 Å². The Morgan fingerprint density at radius 1 is 0.500 bits per heavy atom. The molecule has 0 radical (unpaired) electrons. The highest BCUT2D eigenvalue weighted by Gasteiger charge is 2.23. The molecule has 4 rings (SSSR count). The molecule has 0 aliphatic rings. The van der Waals surface area contributed by atoms with Gasteiger partial charge in [-0.25, -0.2) is 4.98 Å². The van der Waals surface area contributed by atoms with Crippen LogP contribution in [0.1, 0.15) is 0 Å². The van der Waals surface area contributed by atoms with E-state index in [4.69, 9.17) is 23.9 Å². The van der Waals surface area contributed by atoms with E-state index in [1.165, 1.54) is 0 Å². The minimum atomic E-state index is 0.699. The summed E-state index contributed by atoms with van der Waals surface area (Å²) in [7, 11) is 6.62. The molecule has 0 N–H and O–H groups in total. The first-order valence-corrected chi connectivity index (χ1v) is 8.88. The fraction of sp³-hybridized carbons (Fsp3) is 0.174. The summed E-state index contributed by atoms with van der Waals surface area (Å²) in [6.45, 7) is 0. The third-order valence-corrected chi connectivity index (χ3v) is 4.87. The second-order valence-corrected chi connectivity index (χ2v) is 6.23. The fourth-order valence-electron chi connectivity index (χ4n) is 3.67. The van der Waals surface area contributed by atoms with E-state index in [-0.39, 0.29) is 0 Å². The summed E-state index contributed by atoms with van der Waals surface area (Å²) in [5.41, 5.74) is 3.38. The van der Waals surface area contributed by atoms with Crippen molar-refractivity contribution in [1.82, 2.24) is 4.98 Å². The number of fused-ring (bicyclic) bond motifs is 2. The van der Waals surface area contributed by atoms with Gasteiger partial charge in [-0.1, -0.05) is 18.2 Å². The summed E-state index contributed by atoms with van der Waals surface area (Å²) in [6.07, 6.45) is 0. The van der Waals surface area contributed by atoms with Crippen molar-refractivity contribution in [3.05, 3.63) is 54.6 Å². The van der Waals surface area contributed by atoms with Crippen molar-refractivity contribution in [3.8, 4) is 34.1 Å². The SMILES string of the molecule is COc1cccc(OC)c1-c1c2c(OC)cccc2nc2cccc(OC)c12. The Balaban J connectivity index is 2.32. The Morgan fingerprint density at radius 3 is 1.32 bits per heavy atom. The van der Waals surface area contributed by atoms with E-state index in [9.17, 15) is 0 Å².